The first-order valence-electron chi connectivity index (χ1n) is 4.76. The van der Waals surface area contributed by atoms with Gasteiger partial charge in [0, 0.05) is 6.04 Å². The molecule has 80 valence electrons. The first kappa shape index (κ1) is 13.5. The summed E-state index contributed by atoms with van der Waals surface area (Å²) >= 11 is 0. The van der Waals surface area contributed by atoms with Gasteiger partial charge < -0.3 is 10.8 Å². The van der Waals surface area contributed by atoms with Gasteiger partial charge in [0.1, 0.15) is 5.75 Å². The maximum absolute atomic E-state index is 9.06. The van der Waals surface area contributed by atoms with Crippen LogP contribution in [0.25, 0.3) is 0 Å². The Morgan fingerprint density at radius 1 is 1.29 bits per heavy atom. The number of nitrogens with two attached hydrogens (primary N) is 1. The molecule has 0 aliphatic heterocycles. The standard InChI is InChI=1S/C11H17NO.BrH/c1-2-10(12)6-3-9-4-7-11(13)8-5-9;/h4-5,7-8,10,13H,2-3,6,12H2,1H3;1H. The molecule has 1 aromatic rings. The first-order chi connectivity index (χ1) is 6.22. The van der Waals surface area contributed by atoms with Crippen molar-refractivity contribution < 1.29 is 5.11 Å². The third-order valence-electron chi connectivity index (χ3n) is 2.26. The Morgan fingerprint density at radius 3 is 2.36 bits per heavy atom. The van der Waals surface area contributed by atoms with Gasteiger partial charge in [0.2, 0.25) is 0 Å². The number of phenolic OH excluding ortho intramolecular Hbond substituents is 1. The molecule has 0 saturated heterocycles. The fourth-order valence-electron chi connectivity index (χ4n) is 1.22. The van der Waals surface area contributed by atoms with Crippen molar-refractivity contribution in [3.05, 3.63) is 29.8 Å². The Bertz CT molecular complexity index is 248. The number of hydrogen-bond acceptors (Lipinski definition) is 2. The van der Waals surface area contributed by atoms with Crippen molar-refractivity contribution in [1.82, 2.24) is 0 Å². The molecule has 3 N–H and O–H groups in total. The van der Waals surface area contributed by atoms with E-state index in [-0.39, 0.29) is 17.0 Å². The van der Waals surface area contributed by atoms with E-state index in [2.05, 4.69) is 6.92 Å². The van der Waals surface area contributed by atoms with Crippen molar-refractivity contribution in [1.29, 1.82) is 0 Å². The van der Waals surface area contributed by atoms with E-state index in [1.54, 1.807) is 12.1 Å². The van der Waals surface area contributed by atoms with Crippen molar-refractivity contribution in [2.75, 3.05) is 0 Å². The highest BCUT2D eigenvalue weighted by Crippen LogP contribution is 2.11. The van der Waals surface area contributed by atoms with Gasteiger partial charge in [0.25, 0.3) is 0 Å². The summed E-state index contributed by atoms with van der Waals surface area (Å²) in [5.41, 5.74) is 7.04. The van der Waals surface area contributed by atoms with Crippen molar-refractivity contribution in [2.45, 2.75) is 32.2 Å². The van der Waals surface area contributed by atoms with Gasteiger partial charge in [-0.1, -0.05) is 19.1 Å². The second kappa shape index (κ2) is 6.85. The van der Waals surface area contributed by atoms with Gasteiger partial charge in [-0.05, 0) is 37.0 Å². The van der Waals surface area contributed by atoms with Gasteiger partial charge in [-0.25, -0.2) is 0 Å². The summed E-state index contributed by atoms with van der Waals surface area (Å²) in [5.74, 6) is 0.323. The summed E-state index contributed by atoms with van der Waals surface area (Å²) < 4.78 is 0. The van der Waals surface area contributed by atoms with E-state index in [1.807, 2.05) is 12.1 Å². The van der Waals surface area contributed by atoms with Gasteiger partial charge >= 0.3 is 0 Å². The molecule has 0 bridgehead atoms. The molecule has 0 aliphatic carbocycles. The molecule has 14 heavy (non-hydrogen) atoms. The second-order valence-electron chi connectivity index (χ2n) is 3.37. The zero-order chi connectivity index (χ0) is 9.68. The molecule has 0 spiro atoms. The van der Waals surface area contributed by atoms with Crippen LogP contribution >= 0.6 is 17.0 Å². The van der Waals surface area contributed by atoms with Crippen LogP contribution in [0, 0.1) is 0 Å². The molecular formula is C11H18BrNO. The number of hydrogen-bond donors (Lipinski definition) is 2. The summed E-state index contributed by atoms with van der Waals surface area (Å²) in [6, 6.07) is 7.61. The largest absolute Gasteiger partial charge is 0.508 e. The third-order valence-corrected chi connectivity index (χ3v) is 2.26. The molecule has 0 fully saturated rings. The highest BCUT2D eigenvalue weighted by molar-refractivity contribution is 8.93. The lowest BCUT2D eigenvalue weighted by Gasteiger charge is -2.07. The molecule has 2 nitrogen and oxygen atoms in total. The molecular weight excluding hydrogens is 242 g/mol. The molecule has 0 heterocycles. The summed E-state index contributed by atoms with van der Waals surface area (Å²) in [6.45, 7) is 2.10. The van der Waals surface area contributed by atoms with Gasteiger partial charge in [0.05, 0.1) is 0 Å². The zero-order valence-corrected chi connectivity index (χ0v) is 10.2. The maximum Gasteiger partial charge on any atom is 0.115 e. The molecule has 1 rings (SSSR count). The molecule has 1 atom stereocenters. The molecule has 0 aromatic heterocycles. The van der Waals surface area contributed by atoms with Gasteiger partial charge in [-0.2, -0.15) is 0 Å². The maximum atomic E-state index is 9.06. The van der Waals surface area contributed by atoms with Gasteiger partial charge in [-0.3, -0.25) is 0 Å². The first-order valence-corrected chi connectivity index (χ1v) is 4.76. The van der Waals surface area contributed by atoms with E-state index in [4.69, 9.17) is 10.8 Å². The summed E-state index contributed by atoms with van der Waals surface area (Å²) in [7, 11) is 0. The molecule has 3 heteroatoms. The van der Waals surface area contributed by atoms with E-state index in [0.29, 0.717) is 11.8 Å². The molecule has 0 aliphatic rings. The van der Waals surface area contributed by atoms with Crippen LogP contribution < -0.4 is 5.73 Å². The van der Waals surface area contributed by atoms with Crippen LogP contribution in [0.3, 0.4) is 0 Å². The van der Waals surface area contributed by atoms with Crippen molar-refractivity contribution >= 4 is 17.0 Å². The minimum atomic E-state index is 0. The van der Waals surface area contributed by atoms with E-state index in [9.17, 15) is 0 Å². The number of aryl methyl sites for hydroxylation is 1. The number of phenols is 1. The molecule has 0 saturated carbocycles. The Kier molecular flexibility index (Phi) is 6.58. The lowest BCUT2D eigenvalue weighted by molar-refractivity contribution is 0.475. The molecule has 1 unspecified atom stereocenters. The smallest absolute Gasteiger partial charge is 0.115 e. The molecule has 0 amide bonds. The normalized spacial score (nSPS) is 11.9. The van der Waals surface area contributed by atoms with E-state index < -0.39 is 0 Å². The summed E-state index contributed by atoms with van der Waals surface area (Å²) in [4.78, 5) is 0. The third kappa shape index (κ3) is 4.63. The Morgan fingerprint density at radius 2 is 1.86 bits per heavy atom. The number of rotatable bonds is 4. The lowest BCUT2D eigenvalue weighted by Crippen LogP contribution is -2.18. The topological polar surface area (TPSA) is 46.2 Å². The minimum Gasteiger partial charge on any atom is -0.508 e. The van der Waals surface area contributed by atoms with Crippen molar-refractivity contribution in [3.63, 3.8) is 0 Å². The van der Waals surface area contributed by atoms with Crippen LogP contribution in [0.5, 0.6) is 5.75 Å². The van der Waals surface area contributed by atoms with Crippen molar-refractivity contribution in [3.8, 4) is 5.75 Å². The van der Waals surface area contributed by atoms with Crippen LogP contribution in [0.4, 0.5) is 0 Å². The predicted molar refractivity (Wildman–Crippen MR) is 65.0 cm³/mol. The average Bonchev–Trinajstić information content (AvgIpc) is 2.16. The van der Waals surface area contributed by atoms with E-state index in [1.165, 1.54) is 5.56 Å². The van der Waals surface area contributed by atoms with Crippen LogP contribution in [-0.2, 0) is 6.42 Å². The summed E-state index contributed by atoms with van der Waals surface area (Å²) in [6.07, 6.45) is 3.04. The van der Waals surface area contributed by atoms with E-state index >= 15 is 0 Å². The molecule has 0 radical (unpaired) electrons. The number of benzene rings is 1. The number of aromatic hydroxyl groups is 1. The molecule has 1 aromatic carbocycles. The van der Waals surface area contributed by atoms with Gasteiger partial charge in [-0.15, -0.1) is 17.0 Å². The van der Waals surface area contributed by atoms with Crippen LogP contribution in [0.15, 0.2) is 24.3 Å². The lowest BCUT2D eigenvalue weighted by atomic mass is 10.0. The Labute approximate surface area is 95.9 Å². The van der Waals surface area contributed by atoms with Gasteiger partial charge in [0.15, 0.2) is 0 Å². The van der Waals surface area contributed by atoms with Crippen LogP contribution in [0.2, 0.25) is 0 Å². The average molecular weight is 260 g/mol. The summed E-state index contributed by atoms with van der Waals surface area (Å²) in [5, 5.41) is 9.06. The fourth-order valence-corrected chi connectivity index (χ4v) is 1.22. The van der Waals surface area contributed by atoms with Crippen LogP contribution in [-0.4, -0.2) is 11.1 Å². The SMILES string of the molecule is Br.CCC(N)CCc1ccc(O)cc1. The minimum absolute atomic E-state index is 0. The highest BCUT2D eigenvalue weighted by Gasteiger charge is 1.99. The predicted octanol–water partition coefficient (Wildman–Crippen LogP) is 2.64. The second-order valence-corrected chi connectivity index (χ2v) is 3.37. The fraction of sp³-hybridized carbons (Fsp3) is 0.455. The quantitative estimate of drug-likeness (QED) is 0.874. The highest BCUT2D eigenvalue weighted by atomic mass is 79.9. The van der Waals surface area contributed by atoms with Crippen LogP contribution in [0.1, 0.15) is 25.3 Å². The Balaban J connectivity index is 0.00000169. The number of halogens is 1. The van der Waals surface area contributed by atoms with E-state index in [0.717, 1.165) is 19.3 Å². The monoisotopic (exact) mass is 259 g/mol. The zero-order valence-electron chi connectivity index (χ0n) is 8.44. The van der Waals surface area contributed by atoms with Crippen molar-refractivity contribution in [2.24, 2.45) is 5.73 Å². The Hall–Kier alpha value is -0.540.